The van der Waals surface area contributed by atoms with Crippen LogP contribution in [0.25, 0.3) is 0 Å². The summed E-state index contributed by atoms with van der Waals surface area (Å²) in [5.41, 5.74) is 2.66. The van der Waals surface area contributed by atoms with E-state index in [-0.39, 0.29) is 59.9 Å². The second kappa shape index (κ2) is 12.3. The Bertz CT molecular complexity index is 764. The Morgan fingerprint density at radius 2 is 1.61 bits per heavy atom. The van der Waals surface area contributed by atoms with Gasteiger partial charge in [-0.15, -0.1) is 23.2 Å². The molecule has 0 aromatic carbocycles. The molecule has 0 bridgehead atoms. The fourth-order valence-corrected chi connectivity index (χ4v) is 6.62. The fourth-order valence-electron chi connectivity index (χ4n) is 5.96. The molecule has 3 N–H and O–H groups in total. The first kappa shape index (κ1) is 28.2. The van der Waals surface area contributed by atoms with E-state index in [1.54, 1.807) is 5.01 Å². The molecule has 4 rings (SSSR count). The number of hydrogen-bond donors (Lipinski definition) is 3. The molecule has 36 heavy (non-hydrogen) atoms. The first-order valence-electron chi connectivity index (χ1n) is 13.3. The molecule has 3 aliphatic carbocycles. The van der Waals surface area contributed by atoms with Crippen LogP contribution in [0.3, 0.4) is 0 Å². The van der Waals surface area contributed by atoms with Crippen LogP contribution in [0.5, 0.6) is 0 Å². The van der Waals surface area contributed by atoms with Gasteiger partial charge in [0, 0.05) is 35.2 Å². The van der Waals surface area contributed by atoms with E-state index in [2.05, 4.69) is 21.1 Å². The Morgan fingerprint density at radius 1 is 0.917 bits per heavy atom. The summed E-state index contributed by atoms with van der Waals surface area (Å²) < 4.78 is 55.2. The summed E-state index contributed by atoms with van der Waals surface area (Å²) in [6, 6.07) is -2.14. The monoisotopic (exact) mass is 557 g/mol. The highest BCUT2D eigenvalue weighted by Crippen LogP contribution is 2.34. The minimum absolute atomic E-state index is 0.0533. The van der Waals surface area contributed by atoms with Crippen LogP contribution in [0.4, 0.5) is 17.6 Å². The number of alkyl halides is 6. The number of rotatable bonds is 4. The number of guanidine groups is 1. The number of carbonyl (C=O) groups excluding carboxylic acids is 1. The van der Waals surface area contributed by atoms with Gasteiger partial charge >= 0.3 is 6.18 Å². The lowest BCUT2D eigenvalue weighted by Crippen LogP contribution is -2.53. The third kappa shape index (κ3) is 7.60. The number of amides is 1. The topological polar surface area (TPSA) is 68.8 Å². The van der Waals surface area contributed by atoms with Crippen molar-refractivity contribution in [2.45, 2.75) is 131 Å². The van der Waals surface area contributed by atoms with Gasteiger partial charge in [-0.3, -0.25) is 10.1 Å². The van der Waals surface area contributed by atoms with Crippen molar-refractivity contribution < 1.29 is 22.4 Å². The summed E-state index contributed by atoms with van der Waals surface area (Å²) in [6.45, 7) is 0. The molecule has 0 aromatic rings. The summed E-state index contributed by atoms with van der Waals surface area (Å²) in [6.07, 6.45) is 1.69. The summed E-state index contributed by atoms with van der Waals surface area (Å²) in [5, 5.41) is 7.30. The predicted molar refractivity (Wildman–Crippen MR) is 133 cm³/mol. The van der Waals surface area contributed by atoms with E-state index in [1.165, 1.54) is 0 Å². The van der Waals surface area contributed by atoms with Gasteiger partial charge in [0.1, 0.15) is 18.4 Å². The van der Waals surface area contributed by atoms with Gasteiger partial charge in [0.2, 0.25) is 5.91 Å². The Balaban J connectivity index is 1.54. The maximum atomic E-state index is 14.2. The van der Waals surface area contributed by atoms with E-state index in [0.29, 0.717) is 19.3 Å². The van der Waals surface area contributed by atoms with E-state index in [0.717, 1.165) is 44.9 Å². The van der Waals surface area contributed by atoms with E-state index in [4.69, 9.17) is 23.2 Å². The molecule has 5 unspecified atom stereocenters. The molecule has 3 saturated carbocycles. The average Bonchev–Trinajstić information content (AvgIpc) is 3.23. The molecular formula is C24H37Cl2F4N5O. The molecule has 0 aromatic heterocycles. The van der Waals surface area contributed by atoms with Crippen LogP contribution in [0, 0.1) is 5.92 Å². The van der Waals surface area contributed by atoms with Crippen LogP contribution in [-0.4, -0.2) is 64.3 Å². The Hall–Kier alpha value is -0.840. The molecule has 1 heterocycles. The Kier molecular flexibility index (Phi) is 9.66. The number of halogens is 6. The molecule has 5 atom stereocenters. The summed E-state index contributed by atoms with van der Waals surface area (Å²) in [4.78, 5) is 17.7. The van der Waals surface area contributed by atoms with Crippen LogP contribution in [0.15, 0.2) is 4.99 Å². The quantitative estimate of drug-likeness (QED) is 0.194. The van der Waals surface area contributed by atoms with Crippen LogP contribution >= 0.6 is 23.2 Å². The molecule has 0 spiro atoms. The van der Waals surface area contributed by atoms with Crippen LogP contribution in [-0.2, 0) is 4.79 Å². The second-order valence-corrected chi connectivity index (χ2v) is 12.0. The number of carbonyl (C=O) groups is 1. The number of hydrogen-bond acceptors (Lipinski definition) is 4. The van der Waals surface area contributed by atoms with Crippen molar-refractivity contribution in [3.05, 3.63) is 0 Å². The van der Waals surface area contributed by atoms with Crippen molar-refractivity contribution in [1.29, 1.82) is 0 Å². The smallest absolute Gasteiger partial charge is 0.353 e. The molecule has 0 radical (unpaired) electrons. The molecular weight excluding hydrogens is 521 g/mol. The number of aliphatic imine (C=N–C) groups is 1. The molecule has 1 saturated heterocycles. The molecule has 12 heteroatoms. The molecule has 4 aliphatic rings. The van der Waals surface area contributed by atoms with Gasteiger partial charge in [-0.25, -0.2) is 19.8 Å². The normalized spacial score (nSPS) is 37.6. The minimum atomic E-state index is -4.41. The lowest BCUT2D eigenvalue weighted by atomic mass is 9.88. The second-order valence-electron chi connectivity index (χ2n) is 10.8. The SMILES string of the molecule is O=C(N/C(=N\C1CC(C(F)(F)F)NN1C1CCCCC1)NC1CC(F)CC(Cl)C1)C1CCC(Cl)CC1. The van der Waals surface area contributed by atoms with Crippen molar-refractivity contribution in [2.24, 2.45) is 10.9 Å². The maximum absolute atomic E-state index is 14.2. The van der Waals surface area contributed by atoms with Crippen LogP contribution < -0.4 is 16.1 Å². The lowest BCUT2D eigenvalue weighted by molar-refractivity contribution is -0.158. The zero-order valence-corrected chi connectivity index (χ0v) is 21.9. The lowest BCUT2D eigenvalue weighted by Gasteiger charge is -2.35. The summed E-state index contributed by atoms with van der Waals surface area (Å²) >= 11 is 12.4. The highest BCUT2D eigenvalue weighted by Gasteiger charge is 2.49. The number of nitrogens with zero attached hydrogens (tertiary/aromatic N) is 2. The van der Waals surface area contributed by atoms with Crippen molar-refractivity contribution in [3.63, 3.8) is 0 Å². The summed E-state index contributed by atoms with van der Waals surface area (Å²) in [5.74, 6) is -0.374. The number of hydrazine groups is 1. The van der Waals surface area contributed by atoms with E-state index in [9.17, 15) is 22.4 Å². The highest BCUT2D eigenvalue weighted by molar-refractivity contribution is 6.21. The molecule has 1 amide bonds. The summed E-state index contributed by atoms with van der Waals surface area (Å²) in [7, 11) is 0. The first-order valence-corrected chi connectivity index (χ1v) is 14.1. The van der Waals surface area contributed by atoms with Gasteiger partial charge in [-0.2, -0.15) is 13.2 Å². The van der Waals surface area contributed by atoms with Crippen LogP contribution in [0.2, 0.25) is 0 Å². The van der Waals surface area contributed by atoms with Gasteiger partial charge in [-0.05, 0) is 57.8 Å². The van der Waals surface area contributed by atoms with Gasteiger partial charge in [-0.1, -0.05) is 19.3 Å². The zero-order chi connectivity index (χ0) is 25.9. The predicted octanol–water partition coefficient (Wildman–Crippen LogP) is 5.14. The van der Waals surface area contributed by atoms with Gasteiger partial charge in [0.15, 0.2) is 5.96 Å². The molecule has 206 valence electrons. The first-order chi connectivity index (χ1) is 17.1. The van der Waals surface area contributed by atoms with Crippen molar-refractivity contribution in [3.8, 4) is 0 Å². The van der Waals surface area contributed by atoms with E-state index < -0.39 is 24.6 Å². The maximum Gasteiger partial charge on any atom is 0.405 e. The largest absolute Gasteiger partial charge is 0.405 e. The Morgan fingerprint density at radius 3 is 2.25 bits per heavy atom. The standard InChI is InChI=1S/C24H37Cl2F4N5O/c25-15-8-6-14(7-9-15)22(36)33-23(31-18-11-16(26)10-17(27)12-18)32-21-13-20(24(28,29)30)34-35(21)19-4-2-1-3-5-19/h14-21,34H,1-13H2,(H2,31,32,33,36). The molecule has 1 aliphatic heterocycles. The fraction of sp³-hybridized carbons (Fsp3) is 0.917. The third-order valence-electron chi connectivity index (χ3n) is 7.92. The Labute approximate surface area is 220 Å². The third-order valence-corrected chi connectivity index (χ3v) is 8.71. The van der Waals surface area contributed by atoms with Gasteiger partial charge < -0.3 is 5.32 Å². The molecule has 4 fully saturated rings. The van der Waals surface area contributed by atoms with Gasteiger partial charge in [0.25, 0.3) is 0 Å². The van der Waals surface area contributed by atoms with E-state index in [1.807, 2.05) is 0 Å². The van der Waals surface area contributed by atoms with Gasteiger partial charge in [0.05, 0.1) is 0 Å². The molecule has 6 nitrogen and oxygen atoms in total. The average molecular weight is 558 g/mol. The minimum Gasteiger partial charge on any atom is -0.353 e. The number of nitrogens with one attached hydrogen (secondary N) is 3. The van der Waals surface area contributed by atoms with Crippen molar-refractivity contribution >= 4 is 35.1 Å². The van der Waals surface area contributed by atoms with Crippen molar-refractivity contribution in [2.75, 3.05) is 0 Å². The highest BCUT2D eigenvalue weighted by atomic mass is 35.5. The van der Waals surface area contributed by atoms with E-state index >= 15 is 0 Å². The van der Waals surface area contributed by atoms with Crippen LogP contribution in [0.1, 0.15) is 83.5 Å². The van der Waals surface area contributed by atoms with Crippen molar-refractivity contribution in [1.82, 2.24) is 21.1 Å². The zero-order valence-electron chi connectivity index (χ0n) is 20.4.